The molecule has 0 atom stereocenters. The minimum Gasteiger partial charge on any atom is -0.508 e. The first-order valence-electron chi connectivity index (χ1n) is 6.56. The van der Waals surface area contributed by atoms with Gasteiger partial charge in [-0.3, -0.25) is 4.79 Å². The minimum absolute atomic E-state index is 0.104. The van der Waals surface area contributed by atoms with Crippen molar-refractivity contribution in [2.45, 2.75) is 0 Å². The number of hydrogen-bond donors (Lipinski definition) is 2. The Balaban J connectivity index is 2.03. The average Bonchev–Trinajstić information content (AvgIpc) is 2.49. The molecule has 114 valence electrons. The number of hydrogen-bond acceptors (Lipinski definition) is 4. The van der Waals surface area contributed by atoms with Crippen molar-refractivity contribution in [1.29, 1.82) is 0 Å². The number of carbonyl (C=O) groups is 1. The van der Waals surface area contributed by atoms with Crippen LogP contribution in [0.1, 0.15) is 15.9 Å². The number of halogens is 1. The van der Waals surface area contributed by atoms with Crippen LogP contribution in [0.5, 0.6) is 5.75 Å². The normalized spacial score (nSPS) is 10.7. The number of aromatic hydroxyl groups is 1. The third-order valence-electron chi connectivity index (χ3n) is 3.00. The lowest BCUT2D eigenvalue weighted by Crippen LogP contribution is -2.17. The van der Waals surface area contributed by atoms with E-state index in [1.165, 1.54) is 30.5 Å². The molecule has 1 amide bonds. The van der Waals surface area contributed by atoms with Gasteiger partial charge in [0.15, 0.2) is 0 Å². The second-order valence-electron chi connectivity index (χ2n) is 4.85. The Morgan fingerprint density at radius 3 is 2.50 bits per heavy atom. The maximum absolute atomic E-state index is 11.8. The fraction of sp³-hybridized carbons (Fsp3) is 0.125. The molecule has 2 N–H and O–H groups in total. The number of nitrogens with one attached hydrogen (secondary N) is 1. The van der Waals surface area contributed by atoms with Gasteiger partial charge in [-0.1, -0.05) is 11.6 Å². The zero-order valence-corrected chi connectivity index (χ0v) is 13.0. The first kappa shape index (κ1) is 15.9. The summed E-state index contributed by atoms with van der Waals surface area (Å²) in [6, 6.07) is 11.5. The Labute approximate surface area is 133 Å². The minimum atomic E-state index is -0.364. The van der Waals surface area contributed by atoms with E-state index >= 15 is 0 Å². The quantitative estimate of drug-likeness (QED) is 0.673. The standard InChI is InChI=1S/C16H16ClN3O2/c1-20(2)13-6-3-12(15(17)9-13)10-18-19-16(22)11-4-7-14(21)8-5-11/h3-10,21H,1-2H3,(H,19,22)/b18-10-. The molecule has 0 saturated carbocycles. The van der Waals surface area contributed by atoms with Gasteiger partial charge < -0.3 is 10.0 Å². The summed E-state index contributed by atoms with van der Waals surface area (Å²) in [7, 11) is 3.86. The van der Waals surface area contributed by atoms with Crippen LogP contribution in [0.4, 0.5) is 5.69 Å². The molecule has 0 unspecified atom stereocenters. The molecule has 0 aliphatic carbocycles. The van der Waals surface area contributed by atoms with Crippen molar-refractivity contribution >= 4 is 29.4 Å². The van der Waals surface area contributed by atoms with Gasteiger partial charge in [-0.05, 0) is 42.5 Å². The van der Waals surface area contributed by atoms with E-state index in [9.17, 15) is 9.90 Å². The highest BCUT2D eigenvalue weighted by atomic mass is 35.5. The summed E-state index contributed by atoms with van der Waals surface area (Å²) < 4.78 is 0. The highest BCUT2D eigenvalue weighted by Gasteiger charge is 2.04. The number of hydrazone groups is 1. The number of phenols is 1. The molecule has 0 aromatic heterocycles. The molecule has 0 saturated heterocycles. The highest BCUT2D eigenvalue weighted by Crippen LogP contribution is 2.21. The average molecular weight is 318 g/mol. The van der Waals surface area contributed by atoms with Gasteiger partial charge in [0.25, 0.3) is 5.91 Å². The lowest BCUT2D eigenvalue weighted by molar-refractivity contribution is 0.0955. The van der Waals surface area contributed by atoms with Crippen LogP contribution in [0.15, 0.2) is 47.6 Å². The smallest absolute Gasteiger partial charge is 0.271 e. The zero-order valence-electron chi connectivity index (χ0n) is 12.2. The molecule has 0 bridgehead atoms. The second kappa shape index (κ2) is 6.95. The van der Waals surface area contributed by atoms with Crippen LogP contribution in [0, 0.1) is 0 Å². The molecule has 0 fully saturated rings. The van der Waals surface area contributed by atoms with Gasteiger partial charge >= 0.3 is 0 Å². The lowest BCUT2D eigenvalue weighted by Gasteiger charge is -2.13. The van der Waals surface area contributed by atoms with Crippen molar-refractivity contribution < 1.29 is 9.90 Å². The van der Waals surface area contributed by atoms with E-state index in [1.807, 2.05) is 37.2 Å². The summed E-state index contributed by atoms with van der Waals surface area (Å²) in [5, 5.41) is 13.6. The van der Waals surface area contributed by atoms with Gasteiger partial charge in [0.1, 0.15) is 5.75 Å². The van der Waals surface area contributed by atoms with Crippen LogP contribution >= 0.6 is 11.6 Å². The predicted molar refractivity (Wildman–Crippen MR) is 88.9 cm³/mol. The molecule has 6 heteroatoms. The Bertz CT molecular complexity index is 697. The van der Waals surface area contributed by atoms with Crippen LogP contribution in [-0.4, -0.2) is 31.3 Å². The number of carbonyl (C=O) groups excluding carboxylic acids is 1. The van der Waals surface area contributed by atoms with Crippen molar-refractivity contribution in [3.8, 4) is 5.75 Å². The van der Waals surface area contributed by atoms with Crippen LogP contribution in [0.25, 0.3) is 0 Å². The molecule has 2 aromatic carbocycles. The van der Waals surface area contributed by atoms with Gasteiger partial charge in [0, 0.05) is 30.9 Å². The molecule has 0 heterocycles. The Morgan fingerprint density at radius 2 is 1.91 bits per heavy atom. The van der Waals surface area contributed by atoms with Crippen molar-refractivity contribution in [3.05, 3.63) is 58.6 Å². The summed E-state index contributed by atoms with van der Waals surface area (Å²) in [6.07, 6.45) is 1.49. The molecular weight excluding hydrogens is 302 g/mol. The summed E-state index contributed by atoms with van der Waals surface area (Å²) in [6.45, 7) is 0. The predicted octanol–water partition coefficient (Wildman–Crippen LogP) is 2.88. The number of amides is 1. The number of anilines is 1. The van der Waals surface area contributed by atoms with Gasteiger partial charge in [-0.15, -0.1) is 0 Å². The van der Waals surface area contributed by atoms with Gasteiger partial charge in [-0.2, -0.15) is 5.10 Å². The number of phenolic OH excluding ortho intramolecular Hbond substituents is 1. The van der Waals surface area contributed by atoms with Gasteiger partial charge in [-0.25, -0.2) is 5.43 Å². The largest absolute Gasteiger partial charge is 0.508 e. The van der Waals surface area contributed by atoms with Gasteiger partial charge in [0.05, 0.1) is 11.2 Å². The summed E-state index contributed by atoms with van der Waals surface area (Å²) in [5.74, 6) is -0.259. The third-order valence-corrected chi connectivity index (χ3v) is 3.33. The number of nitrogens with zero attached hydrogens (tertiary/aromatic N) is 2. The highest BCUT2D eigenvalue weighted by molar-refractivity contribution is 6.33. The molecule has 2 aromatic rings. The molecule has 0 aliphatic heterocycles. The van der Waals surface area contributed by atoms with Crippen molar-refractivity contribution in [3.63, 3.8) is 0 Å². The number of rotatable bonds is 4. The second-order valence-corrected chi connectivity index (χ2v) is 5.25. The molecule has 0 spiro atoms. The molecule has 22 heavy (non-hydrogen) atoms. The molecule has 0 aliphatic rings. The van der Waals surface area contributed by atoms with E-state index in [4.69, 9.17) is 11.6 Å². The summed E-state index contributed by atoms with van der Waals surface area (Å²) in [5.41, 5.74) is 4.51. The van der Waals surface area contributed by atoms with Crippen LogP contribution in [0.3, 0.4) is 0 Å². The third kappa shape index (κ3) is 3.99. The van der Waals surface area contributed by atoms with Crippen molar-refractivity contribution in [2.75, 3.05) is 19.0 Å². The van der Waals surface area contributed by atoms with E-state index in [-0.39, 0.29) is 11.7 Å². The van der Waals surface area contributed by atoms with E-state index in [0.29, 0.717) is 16.1 Å². The van der Waals surface area contributed by atoms with Gasteiger partial charge in [0.2, 0.25) is 0 Å². The Hall–Kier alpha value is -2.53. The van der Waals surface area contributed by atoms with Crippen molar-refractivity contribution in [1.82, 2.24) is 5.43 Å². The Kier molecular flexibility index (Phi) is 5.01. The van der Waals surface area contributed by atoms with E-state index < -0.39 is 0 Å². The van der Waals surface area contributed by atoms with Crippen LogP contribution < -0.4 is 10.3 Å². The van der Waals surface area contributed by atoms with E-state index in [0.717, 1.165) is 5.69 Å². The molecular formula is C16H16ClN3O2. The van der Waals surface area contributed by atoms with Crippen LogP contribution in [-0.2, 0) is 0 Å². The fourth-order valence-corrected chi connectivity index (χ4v) is 1.96. The monoisotopic (exact) mass is 317 g/mol. The first-order valence-corrected chi connectivity index (χ1v) is 6.94. The zero-order chi connectivity index (χ0) is 16.1. The van der Waals surface area contributed by atoms with E-state index in [1.54, 1.807) is 0 Å². The molecule has 5 nitrogen and oxygen atoms in total. The topological polar surface area (TPSA) is 64.9 Å². The summed E-state index contributed by atoms with van der Waals surface area (Å²) in [4.78, 5) is 13.8. The summed E-state index contributed by atoms with van der Waals surface area (Å²) >= 11 is 6.16. The lowest BCUT2D eigenvalue weighted by atomic mass is 10.2. The van der Waals surface area contributed by atoms with Crippen LogP contribution in [0.2, 0.25) is 5.02 Å². The Morgan fingerprint density at radius 1 is 1.23 bits per heavy atom. The fourth-order valence-electron chi connectivity index (χ4n) is 1.74. The van der Waals surface area contributed by atoms with E-state index in [2.05, 4.69) is 10.5 Å². The molecule has 0 radical (unpaired) electrons. The molecule has 2 rings (SSSR count). The maximum Gasteiger partial charge on any atom is 0.271 e. The maximum atomic E-state index is 11.8. The number of benzene rings is 2. The SMILES string of the molecule is CN(C)c1ccc(/C=N\NC(=O)c2ccc(O)cc2)c(Cl)c1. The van der Waals surface area contributed by atoms with Crippen molar-refractivity contribution in [2.24, 2.45) is 5.10 Å². The first-order chi connectivity index (χ1) is 10.5.